The van der Waals surface area contributed by atoms with Gasteiger partial charge in [-0.05, 0) is 34.5 Å². The third-order valence-corrected chi connectivity index (χ3v) is 4.02. The van der Waals surface area contributed by atoms with E-state index in [0.29, 0.717) is 17.9 Å². The molecule has 1 aromatic rings. The van der Waals surface area contributed by atoms with Gasteiger partial charge in [-0.15, -0.1) is 0 Å². The summed E-state index contributed by atoms with van der Waals surface area (Å²) in [5, 5.41) is 0. The molecule has 1 aromatic carbocycles. The molecule has 0 heterocycles. The van der Waals surface area contributed by atoms with Crippen LogP contribution in [0.15, 0.2) is 28.4 Å². The van der Waals surface area contributed by atoms with E-state index in [1.807, 2.05) is 6.08 Å². The molecule has 0 radical (unpaired) electrons. The van der Waals surface area contributed by atoms with Crippen molar-refractivity contribution in [2.75, 3.05) is 6.61 Å². The van der Waals surface area contributed by atoms with Crippen LogP contribution in [0.4, 0.5) is 4.39 Å². The second-order valence-electron chi connectivity index (χ2n) is 5.11. The number of ether oxygens (including phenoxy) is 1. The fourth-order valence-corrected chi connectivity index (χ4v) is 2.65. The van der Waals surface area contributed by atoms with E-state index >= 15 is 0 Å². The summed E-state index contributed by atoms with van der Waals surface area (Å²) in [5.74, 6) is 0.311. The van der Waals surface area contributed by atoms with Gasteiger partial charge in [0, 0.05) is 6.07 Å². The van der Waals surface area contributed by atoms with Crippen molar-refractivity contribution in [3.05, 3.63) is 39.8 Å². The lowest BCUT2D eigenvalue weighted by atomic mass is 10.2. The molecule has 0 fully saturated rings. The van der Waals surface area contributed by atoms with Crippen molar-refractivity contribution >= 4 is 24.0 Å². The zero-order valence-corrected chi connectivity index (χ0v) is 13.3. The number of hydrogen-bond donors (Lipinski definition) is 0. The third-order valence-electron chi connectivity index (χ3n) is 2.17. The van der Waals surface area contributed by atoms with Crippen LogP contribution in [0.1, 0.15) is 5.56 Å². The molecule has 0 saturated heterocycles. The van der Waals surface area contributed by atoms with Gasteiger partial charge in [-0.1, -0.05) is 31.4 Å². The van der Waals surface area contributed by atoms with E-state index in [-0.39, 0.29) is 5.82 Å². The van der Waals surface area contributed by atoms with Crippen molar-refractivity contribution in [2.45, 2.75) is 26.6 Å². The van der Waals surface area contributed by atoms with Crippen molar-refractivity contribution in [1.82, 2.24) is 0 Å². The Morgan fingerprint density at radius 1 is 1.35 bits per heavy atom. The first-order valence-electron chi connectivity index (χ1n) is 5.56. The lowest BCUT2D eigenvalue weighted by Crippen LogP contribution is -2.16. The minimum absolute atomic E-state index is 0.239. The third kappa shape index (κ3) is 5.04. The molecule has 0 atom stereocenters. The maximum atomic E-state index is 13.3. The average Bonchev–Trinajstić information content (AvgIpc) is 2.18. The van der Waals surface area contributed by atoms with Gasteiger partial charge in [-0.3, -0.25) is 0 Å². The maximum Gasteiger partial charge on any atom is 0.136 e. The Balaban J connectivity index is 2.64. The molecule has 94 valence electrons. The van der Waals surface area contributed by atoms with Crippen LogP contribution >= 0.6 is 15.9 Å². The monoisotopic (exact) mass is 316 g/mol. The van der Waals surface area contributed by atoms with E-state index in [2.05, 4.69) is 41.3 Å². The van der Waals surface area contributed by atoms with Crippen molar-refractivity contribution in [3.8, 4) is 5.75 Å². The predicted octanol–water partition coefficient (Wildman–Crippen LogP) is 4.71. The van der Waals surface area contributed by atoms with E-state index in [1.54, 1.807) is 13.0 Å². The molecule has 0 aliphatic rings. The van der Waals surface area contributed by atoms with Gasteiger partial charge in [-0.25, -0.2) is 4.39 Å². The Bertz CT molecular complexity index is 424. The molecule has 0 N–H and O–H groups in total. The highest BCUT2D eigenvalue weighted by Gasteiger charge is 2.08. The van der Waals surface area contributed by atoms with Gasteiger partial charge in [0.05, 0.1) is 12.5 Å². The highest BCUT2D eigenvalue weighted by Crippen LogP contribution is 2.27. The van der Waals surface area contributed by atoms with Gasteiger partial charge in [0.25, 0.3) is 0 Å². The molecule has 0 saturated carbocycles. The lowest BCUT2D eigenvalue weighted by molar-refractivity contribution is 0.358. The molecule has 0 bridgehead atoms. The molecular formula is C13H18BrFOSi. The summed E-state index contributed by atoms with van der Waals surface area (Å²) in [7, 11) is -1.18. The standard InChI is InChI=1S/C13H18BrFOSi/c1-10-8-11(14)13(9-12(10)15)16-6-5-7-17(2,3)4/h5,7-9H,6H2,1-4H3/b7-5+. The number of rotatable bonds is 4. The summed E-state index contributed by atoms with van der Waals surface area (Å²) < 4.78 is 19.7. The number of halogens is 2. The Labute approximate surface area is 112 Å². The summed E-state index contributed by atoms with van der Waals surface area (Å²) in [6.07, 6.45) is 2.01. The molecule has 4 heteroatoms. The van der Waals surface area contributed by atoms with Crippen LogP contribution in [0, 0.1) is 12.7 Å². The van der Waals surface area contributed by atoms with E-state index in [9.17, 15) is 4.39 Å². The van der Waals surface area contributed by atoms with Crippen LogP contribution in [0.25, 0.3) is 0 Å². The molecule has 0 unspecified atom stereocenters. The van der Waals surface area contributed by atoms with Crippen LogP contribution < -0.4 is 4.74 Å². The summed E-state index contributed by atoms with van der Waals surface area (Å²) in [5.41, 5.74) is 2.83. The van der Waals surface area contributed by atoms with Gasteiger partial charge in [-0.2, -0.15) is 0 Å². The van der Waals surface area contributed by atoms with Crippen molar-refractivity contribution < 1.29 is 9.13 Å². The fraction of sp³-hybridized carbons (Fsp3) is 0.385. The van der Waals surface area contributed by atoms with Crippen LogP contribution in [0.5, 0.6) is 5.75 Å². The van der Waals surface area contributed by atoms with E-state index in [1.165, 1.54) is 6.07 Å². The summed E-state index contributed by atoms with van der Waals surface area (Å²) in [4.78, 5) is 0. The highest BCUT2D eigenvalue weighted by atomic mass is 79.9. The van der Waals surface area contributed by atoms with Crippen LogP contribution in [-0.2, 0) is 0 Å². The molecular weight excluding hydrogens is 299 g/mol. The topological polar surface area (TPSA) is 9.23 Å². The Hall–Kier alpha value is -0.613. The number of hydrogen-bond acceptors (Lipinski definition) is 1. The van der Waals surface area contributed by atoms with Crippen LogP contribution in [0.3, 0.4) is 0 Å². The largest absolute Gasteiger partial charge is 0.488 e. The van der Waals surface area contributed by atoms with E-state index < -0.39 is 8.07 Å². The first-order valence-corrected chi connectivity index (χ1v) is 9.93. The first-order chi connectivity index (χ1) is 7.79. The minimum Gasteiger partial charge on any atom is -0.488 e. The van der Waals surface area contributed by atoms with Crippen molar-refractivity contribution in [3.63, 3.8) is 0 Å². The zero-order chi connectivity index (χ0) is 13.1. The molecule has 1 rings (SSSR count). The molecule has 1 nitrogen and oxygen atoms in total. The predicted molar refractivity (Wildman–Crippen MR) is 76.8 cm³/mol. The fourth-order valence-electron chi connectivity index (χ4n) is 1.28. The zero-order valence-electron chi connectivity index (χ0n) is 10.7. The van der Waals surface area contributed by atoms with Gasteiger partial charge >= 0.3 is 0 Å². The SMILES string of the molecule is Cc1cc(Br)c(OC/C=C/[Si](C)(C)C)cc1F. The summed E-state index contributed by atoms with van der Waals surface area (Å²) in [6.45, 7) is 8.97. The van der Waals surface area contributed by atoms with Gasteiger partial charge in [0.1, 0.15) is 18.2 Å². The highest BCUT2D eigenvalue weighted by molar-refractivity contribution is 9.10. The summed E-state index contributed by atoms with van der Waals surface area (Å²) >= 11 is 3.37. The van der Waals surface area contributed by atoms with E-state index in [0.717, 1.165) is 4.47 Å². The van der Waals surface area contributed by atoms with Gasteiger partial charge in [0.2, 0.25) is 0 Å². The van der Waals surface area contributed by atoms with E-state index in [4.69, 9.17) is 4.74 Å². The smallest absolute Gasteiger partial charge is 0.136 e. The molecule has 0 spiro atoms. The normalized spacial score (nSPS) is 12.1. The number of benzene rings is 1. The molecule has 0 aliphatic heterocycles. The lowest BCUT2D eigenvalue weighted by Gasteiger charge is -2.10. The van der Waals surface area contributed by atoms with Gasteiger partial charge in [0.15, 0.2) is 0 Å². The van der Waals surface area contributed by atoms with Crippen molar-refractivity contribution in [2.24, 2.45) is 0 Å². The molecule has 0 amide bonds. The maximum absolute atomic E-state index is 13.3. The second kappa shape index (κ2) is 5.82. The minimum atomic E-state index is -1.18. The Morgan fingerprint density at radius 3 is 2.59 bits per heavy atom. The van der Waals surface area contributed by atoms with Crippen LogP contribution in [0.2, 0.25) is 19.6 Å². The Morgan fingerprint density at radius 2 is 2.00 bits per heavy atom. The molecule has 0 aliphatic carbocycles. The first kappa shape index (κ1) is 14.4. The number of aryl methyl sites for hydroxylation is 1. The average molecular weight is 317 g/mol. The second-order valence-corrected chi connectivity index (χ2v) is 11.0. The van der Waals surface area contributed by atoms with Gasteiger partial charge < -0.3 is 4.74 Å². The quantitative estimate of drug-likeness (QED) is 0.731. The van der Waals surface area contributed by atoms with Crippen LogP contribution in [-0.4, -0.2) is 14.7 Å². The van der Waals surface area contributed by atoms with Crippen molar-refractivity contribution in [1.29, 1.82) is 0 Å². The molecule has 17 heavy (non-hydrogen) atoms. The molecule has 0 aromatic heterocycles. The summed E-state index contributed by atoms with van der Waals surface area (Å²) in [6, 6.07) is 3.15. The Kier molecular flexibility index (Phi) is 4.95.